The minimum absolute atomic E-state index is 0.335. The molecule has 3 aromatic rings. The summed E-state index contributed by atoms with van der Waals surface area (Å²) in [4.78, 5) is 19.6. The maximum Gasteiger partial charge on any atom is 0.261 e. The van der Waals surface area contributed by atoms with Crippen LogP contribution in [0.5, 0.6) is 5.75 Å². The third kappa shape index (κ3) is 2.38. The van der Waals surface area contributed by atoms with Crippen molar-refractivity contribution in [3.05, 3.63) is 48.0 Å². The van der Waals surface area contributed by atoms with Crippen LogP contribution in [0.25, 0.3) is 11.0 Å². The van der Waals surface area contributed by atoms with Crippen LogP contribution in [0.4, 0.5) is 11.6 Å². The number of nitrogen functional groups attached to an aromatic ring is 1. The van der Waals surface area contributed by atoms with Crippen LogP contribution < -0.4 is 15.8 Å². The molecule has 2 aromatic carbocycles. The summed E-state index contributed by atoms with van der Waals surface area (Å²) in [5.41, 5.74) is 8.21. The molecule has 0 unspecified atom stereocenters. The van der Waals surface area contributed by atoms with Gasteiger partial charge >= 0.3 is 0 Å². The van der Waals surface area contributed by atoms with Crippen LogP contribution in [-0.2, 0) is 0 Å². The predicted molar refractivity (Wildman–Crippen MR) is 81.5 cm³/mol. The molecule has 21 heavy (non-hydrogen) atoms. The number of rotatable bonds is 3. The quantitative estimate of drug-likeness (QED) is 0.643. The Kier molecular flexibility index (Phi) is 3.19. The summed E-state index contributed by atoms with van der Waals surface area (Å²) in [6.07, 6.45) is 0. The zero-order chi connectivity index (χ0) is 14.8. The Labute approximate surface area is 120 Å². The molecule has 0 aliphatic heterocycles. The van der Waals surface area contributed by atoms with Gasteiger partial charge in [-0.2, -0.15) is 0 Å². The maximum absolute atomic E-state index is 12.3. The topological polar surface area (TPSA) is 93.0 Å². The first-order valence-electron chi connectivity index (χ1n) is 6.37. The minimum Gasteiger partial charge on any atom is -0.494 e. The summed E-state index contributed by atoms with van der Waals surface area (Å²) in [5, 5.41) is 2.71. The predicted octanol–water partition coefficient (Wildman–Crippen LogP) is 2.41. The van der Waals surface area contributed by atoms with E-state index in [1.807, 2.05) is 24.3 Å². The van der Waals surface area contributed by atoms with E-state index in [9.17, 15) is 4.79 Å². The number of carbonyl (C=O) groups excluding carboxylic acids is 1. The third-order valence-corrected chi connectivity index (χ3v) is 3.12. The van der Waals surface area contributed by atoms with Crippen LogP contribution in [0.1, 0.15) is 10.4 Å². The Balaban J connectivity index is 1.91. The average Bonchev–Trinajstić information content (AvgIpc) is 2.89. The van der Waals surface area contributed by atoms with Gasteiger partial charge in [-0.25, -0.2) is 4.98 Å². The van der Waals surface area contributed by atoms with Crippen LogP contribution in [0.3, 0.4) is 0 Å². The molecule has 6 heteroatoms. The molecule has 3 rings (SSSR count). The molecule has 0 saturated heterocycles. The highest BCUT2D eigenvalue weighted by molar-refractivity contribution is 6.06. The van der Waals surface area contributed by atoms with Crippen molar-refractivity contribution < 1.29 is 9.53 Å². The van der Waals surface area contributed by atoms with Gasteiger partial charge in [-0.1, -0.05) is 18.2 Å². The van der Waals surface area contributed by atoms with E-state index in [4.69, 9.17) is 10.5 Å². The number of fused-ring (bicyclic) bond motifs is 1. The molecule has 0 radical (unpaired) electrons. The number of nitrogens with two attached hydrogens (primary N) is 1. The monoisotopic (exact) mass is 282 g/mol. The summed E-state index contributed by atoms with van der Waals surface area (Å²) in [6.45, 7) is 0. The molecular weight excluding hydrogens is 268 g/mol. The number of carbonyl (C=O) groups is 1. The van der Waals surface area contributed by atoms with Gasteiger partial charge < -0.3 is 15.5 Å². The highest BCUT2D eigenvalue weighted by Gasteiger charge is 2.15. The van der Waals surface area contributed by atoms with Crippen molar-refractivity contribution in [1.82, 2.24) is 9.97 Å². The second-order valence-corrected chi connectivity index (χ2v) is 4.48. The van der Waals surface area contributed by atoms with Crippen molar-refractivity contribution >= 4 is 28.6 Å². The van der Waals surface area contributed by atoms with E-state index in [1.54, 1.807) is 18.2 Å². The van der Waals surface area contributed by atoms with Crippen molar-refractivity contribution in [2.75, 3.05) is 18.2 Å². The zero-order valence-electron chi connectivity index (χ0n) is 11.4. The standard InChI is InChI=1S/C15H14N4O2/c1-21-13-9(5-4-6-10(13)16)14(20)19-15-17-11-7-2-3-8-12(11)18-15/h2-8H,16H2,1H3,(H2,17,18,19,20). The van der Waals surface area contributed by atoms with Crippen molar-refractivity contribution in [3.63, 3.8) is 0 Å². The number of ether oxygens (including phenoxy) is 1. The number of aromatic amines is 1. The lowest BCUT2D eigenvalue weighted by molar-refractivity contribution is 0.102. The van der Waals surface area contributed by atoms with E-state index in [0.29, 0.717) is 22.9 Å². The van der Waals surface area contributed by atoms with Crippen molar-refractivity contribution in [1.29, 1.82) is 0 Å². The number of methoxy groups -OCH3 is 1. The molecule has 0 bridgehead atoms. The molecule has 1 heterocycles. The lowest BCUT2D eigenvalue weighted by atomic mass is 10.1. The number of hydrogen-bond acceptors (Lipinski definition) is 4. The summed E-state index contributed by atoms with van der Waals surface area (Å²) < 4.78 is 5.18. The van der Waals surface area contributed by atoms with Crippen LogP contribution in [0, 0.1) is 0 Å². The van der Waals surface area contributed by atoms with Crippen molar-refractivity contribution in [3.8, 4) is 5.75 Å². The molecule has 0 aliphatic rings. The smallest absolute Gasteiger partial charge is 0.261 e. The van der Waals surface area contributed by atoms with Gasteiger partial charge in [0, 0.05) is 0 Å². The normalized spacial score (nSPS) is 10.5. The van der Waals surface area contributed by atoms with Gasteiger partial charge in [-0.3, -0.25) is 10.1 Å². The number of para-hydroxylation sites is 3. The Morgan fingerprint density at radius 1 is 1.24 bits per heavy atom. The van der Waals surface area contributed by atoms with Crippen LogP contribution in [0.15, 0.2) is 42.5 Å². The highest BCUT2D eigenvalue weighted by Crippen LogP contribution is 2.26. The van der Waals surface area contributed by atoms with Gasteiger partial charge in [0.25, 0.3) is 5.91 Å². The van der Waals surface area contributed by atoms with Crippen LogP contribution in [0.2, 0.25) is 0 Å². The van der Waals surface area contributed by atoms with E-state index in [1.165, 1.54) is 7.11 Å². The molecule has 1 aromatic heterocycles. The Hall–Kier alpha value is -3.02. The lowest BCUT2D eigenvalue weighted by Crippen LogP contribution is -2.14. The van der Waals surface area contributed by atoms with E-state index in [-0.39, 0.29) is 5.91 Å². The number of benzene rings is 2. The van der Waals surface area contributed by atoms with Gasteiger partial charge in [0.15, 0.2) is 5.75 Å². The number of amides is 1. The second kappa shape index (κ2) is 5.16. The van der Waals surface area contributed by atoms with E-state index in [2.05, 4.69) is 15.3 Å². The first-order valence-corrected chi connectivity index (χ1v) is 6.37. The number of anilines is 2. The SMILES string of the molecule is COc1c(N)cccc1C(=O)Nc1nc2ccccc2[nH]1. The molecule has 1 amide bonds. The maximum atomic E-state index is 12.3. The molecule has 4 N–H and O–H groups in total. The molecule has 106 valence electrons. The van der Waals surface area contributed by atoms with Gasteiger partial charge in [0.2, 0.25) is 5.95 Å². The number of aromatic nitrogens is 2. The molecule has 6 nitrogen and oxygen atoms in total. The fourth-order valence-corrected chi connectivity index (χ4v) is 2.15. The van der Waals surface area contributed by atoms with Crippen LogP contribution >= 0.6 is 0 Å². The first kappa shape index (κ1) is 13.0. The third-order valence-electron chi connectivity index (χ3n) is 3.12. The van der Waals surface area contributed by atoms with E-state index in [0.717, 1.165) is 11.0 Å². The van der Waals surface area contributed by atoms with Gasteiger partial charge in [0.1, 0.15) is 0 Å². The number of nitrogens with one attached hydrogen (secondary N) is 2. The first-order chi connectivity index (χ1) is 10.2. The number of nitrogens with zero attached hydrogens (tertiary/aromatic N) is 1. The Morgan fingerprint density at radius 3 is 2.81 bits per heavy atom. The summed E-state index contributed by atoms with van der Waals surface area (Å²) >= 11 is 0. The highest BCUT2D eigenvalue weighted by atomic mass is 16.5. The fraction of sp³-hybridized carbons (Fsp3) is 0.0667. The molecular formula is C15H14N4O2. The largest absolute Gasteiger partial charge is 0.494 e. The van der Waals surface area contributed by atoms with E-state index < -0.39 is 0 Å². The van der Waals surface area contributed by atoms with Gasteiger partial charge in [0.05, 0.1) is 29.4 Å². The number of imidazole rings is 1. The van der Waals surface area contributed by atoms with Gasteiger partial charge in [-0.15, -0.1) is 0 Å². The summed E-state index contributed by atoms with van der Waals surface area (Å²) in [5.74, 6) is 0.398. The number of H-pyrrole nitrogens is 1. The molecule has 0 aliphatic carbocycles. The van der Waals surface area contributed by atoms with E-state index >= 15 is 0 Å². The van der Waals surface area contributed by atoms with Crippen molar-refractivity contribution in [2.45, 2.75) is 0 Å². The summed E-state index contributed by atoms with van der Waals surface area (Å²) in [6, 6.07) is 12.6. The average molecular weight is 282 g/mol. The summed E-state index contributed by atoms with van der Waals surface area (Å²) in [7, 11) is 1.48. The second-order valence-electron chi connectivity index (χ2n) is 4.48. The molecule has 0 fully saturated rings. The fourth-order valence-electron chi connectivity index (χ4n) is 2.15. The molecule has 0 atom stereocenters. The Morgan fingerprint density at radius 2 is 2.05 bits per heavy atom. The lowest BCUT2D eigenvalue weighted by Gasteiger charge is -2.09. The van der Waals surface area contributed by atoms with Crippen LogP contribution in [-0.4, -0.2) is 23.0 Å². The zero-order valence-corrected chi connectivity index (χ0v) is 11.4. The molecule has 0 spiro atoms. The Bertz CT molecular complexity index is 777. The number of hydrogen-bond donors (Lipinski definition) is 3. The van der Waals surface area contributed by atoms with Crippen molar-refractivity contribution in [2.24, 2.45) is 0 Å². The van der Waals surface area contributed by atoms with Gasteiger partial charge in [-0.05, 0) is 24.3 Å². The molecule has 0 saturated carbocycles. The minimum atomic E-state index is -0.335.